The third-order valence-electron chi connectivity index (χ3n) is 6.83. The lowest BCUT2D eigenvalue weighted by molar-refractivity contribution is -0.128. The number of aliphatic imine (C=N–C) groups is 2. The van der Waals surface area contributed by atoms with Crippen LogP contribution < -0.4 is 20.1 Å². The second kappa shape index (κ2) is 11.5. The Balaban J connectivity index is 1.11. The molecule has 3 aliphatic rings. The summed E-state index contributed by atoms with van der Waals surface area (Å²) in [7, 11) is 0. The maximum absolute atomic E-state index is 13.5. The normalized spacial score (nSPS) is 16.5. The van der Waals surface area contributed by atoms with Crippen molar-refractivity contribution < 1.29 is 23.9 Å². The van der Waals surface area contributed by atoms with Crippen LogP contribution in [0.2, 0.25) is 0 Å². The number of amides is 3. The first-order chi connectivity index (χ1) is 20.0. The number of nitrogens with one attached hydrogen (secondary N) is 2. The highest BCUT2D eigenvalue weighted by atomic mass is 32.2. The Morgan fingerprint density at radius 2 is 1.78 bits per heavy atom. The number of amidine groups is 2. The molecule has 3 amide bonds. The lowest BCUT2D eigenvalue weighted by Gasteiger charge is -2.25. The Hall–Kier alpha value is -4.64. The van der Waals surface area contributed by atoms with Crippen LogP contribution in [0.25, 0.3) is 0 Å². The maximum atomic E-state index is 13.5. The summed E-state index contributed by atoms with van der Waals surface area (Å²) in [6, 6.07) is 19.6. The minimum atomic E-state index is -0.899. The van der Waals surface area contributed by atoms with Gasteiger partial charge in [0.15, 0.2) is 16.7 Å². The second-order valence-electron chi connectivity index (χ2n) is 9.61. The molecular weight excluding hydrogens is 542 g/mol. The fourth-order valence-corrected chi connectivity index (χ4v) is 5.48. The quantitative estimate of drug-likeness (QED) is 0.423. The average molecular weight is 570 g/mol. The number of carbonyl (C=O) groups is 3. The minimum Gasteiger partial charge on any atom is -0.454 e. The zero-order valence-electron chi connectivity index (χ0n) is 22.3. The lowest BCUT2D eigenvalue weighted by Crippen LogP contribution is -2.42. The molecule has 3 heterocycles. The molecule has 11 heteroatoms. The first-order valence-corrected chi connectivity index (χ1v) is 14.2. The van der Waals surface area contributed by atoms with Crippen molar-refractivity contribution in [3.63, 3.8) is 0 Å². The van der Waals surface area contributed by atoms with Gasteiger partial charge in [-0.25, -0.2) is 9.89 Å². The van der Waals surface area contributed by atoms with Crippen molar-refractivity contribution in [1.82, 2.24) is 10.2 Å². The van der Waals surface area contributed by atoms with Gasteiger partial charge in [0.2, 0.25) is 18.6 Å². The van der Waals surface area contributed by atoms with Gasteiger partial charge in [-0.2, -0.15) is 0 Å². The summed E-state index contributed by atoms with van der Waals surface area (Å²) in [5.41, 5.74) is 4.09. The summed E-state index contributed by atoms with van der Waals surface area (Å²) in [6.45, 7) is 2.52. The van der Waals surface area contributed by atoms with E-state index >= 15 is 0 Å². The Bertz CT molecular complexity index is 1590. The van der Waals surface area contributed by atoms with Crippen LogP contribution in [-0.2, 0) is 27.3 Å². The molecule has 10 nitrogen and oxygen atoms in total. The van der Waals surface area contributed by atoms with Gasteiger partial charge >= 0.3 is 0 Å². The monoisotopic (exact) mass is 569 g/mol. The highest BCUT2D eigenvalue weighted by molar-refractivity contribution is 8.14. The minimum absolute atomic E-state index is 0.0499. The van der Waals surface area contributed by atoms with Gasteiger partial charge in [0, 0.05) is 17.8 Å². The number of fused-ring (bicyclic) bond motifs is 4. The number of hydrogen-bond acceptors (Lipinski definition) is 8. The van der Waals surface area contributed by atoms with E-state index in [0.29, 0.717) is 39.4 Å². The van der Waals surface area contributed by atoms with Crippen molar-refractivity contribution in [3.8, 4) is 11.5 Å². The van der Waals surface area contributed by atoms with E-state index in [0.717, 1.165) is 23.7 Å². The van der Waals surface area contributed by atoms with Gasteiger partial charge in [0.1, 0.15) is 11.9 Å². The molecule has 0 radical (unpaired) electrons. The lowest BCUT2D eigenvalue weighted by atomic mass is 10.1. The number of para-hydroxylation sites is 1. The molecule has 2 N–H and O–H groups in total. The Morgan fingerprint density at radius 1 is 1.00 bits per heavy atom. The molecule has 6 rings (SSSR count). The van der Waals surface area contributed by atoms with Crippen LogP contribution in [-0.4, -0.2) is 52.2 Å². The summed E-state index contributed by atoms with van der Waals surface area (Å²) in [4.78, 5) is 49.7. The van der Waals surface area contributed by atoms with E-state index in [1.165, 1.54) is 10.5 Å². The van der Waals surface area contributed by atoms with Gasteiger partial charge in [-0.05, 0) is 53.9 Å². The van der Waals surface area contributed by atoms with Crippen molar-refractivity contribution in [2.45, 2.75) is 32.4 Å². The molecule has 3 aliphatic heterocycles. The van der Waals surface area contributed by atoms with E-state index in [9.17, 15) is 14.4 Å². The molecule has 0 aromatic heterocycles. The van der Waals surface area contributed by atoms with Crippen LogP contribution in [0.3, 0.4) is 0 Å². The molecule has 208 valence electrons. The number of rotatable bonds is 8. The number of carbonyl (C=O) groups excluding carboxylic acids is 3. The summed E-state index contributed by atoms with van der Waals surface area (Å²) >= 11 is 1.15. The van der Waals surface area contributed by atoms with Gasteiger partial charge in [-0.15, -0.1) is 0 Å². The molecule has 0 saturated carbocycles. The van der Waals surface area contributed by atoms with Crippen LogP contribution in [0, 0.1) is 0 Å². The summed E-state index contributed by atoms with van der Waals surface area (Å²) < 4.78 is 10.7. The topological polar surface area (TPSA) is 122 Å². The van der Waals surface area contributed by atoms with Gasteiger partial charge in [0.05, 0.1) is 17.9 Å². The molecule has 0 bridgehead atoms. The van der Waals surface area contributed by atoms with Crippen molar-refractivity contribution in [2.24, 2.45) is 9.98 Å². The van der Waals surface area contributed by atoms with E-state index < -0.39 is 6.04 Å². The predicted molar refractivity (Wildman–Crippen MR) is 157 cm³/mol. The molecule has 1 unspecified atom stereocenters. The maximum Gasteiger partial charge on any atom is 0.259 e. The predicted octanol–water partition coefficient (Wildman–Crippen LogP) is 4.01. The van der Waals surface area contributed by atoms with E-state index in [1.807, 2.05) is 60.7 Å². The molecule has 0 fully saturated rings. The Labute approximate surface area is 240 Å². The fraction of sp³-hybridized carbons (Fsp3) is 0.233. The molecule has 0 spiro atoms. The summed E-state index contributed by atoms with van der Waals surface area (Å²) in [5.74, 6) is 0.916. The molecule has 3 aromatic carbocycles. The van der Waals surface area contributed by atoms with Crippen LogP contribution in [0.15, 0.2) is 76.7 Å². The van der Waals surface area contributed by atoms with Crippen LogP contribution >= 0.6 is 11.8 Å². The number of anilines is 1. The van der Waals surface area contributed by atoms with Crippen LogP contribution in [0.5, 0.6) is 11.5 Å². The zero-order valence-corrected chi connectivity index (χ0v) is 23.1. The second-order valence-corrected chi connectivity index (χ2v) is 10.6. The van der Waals surface area contributed by atoms with E-state index in [-0.39, 0.29) is 43.2 Å². The van der Waals surface area contributed by atoms with Crippen molar-refractivity contribution >= 4 is 51.9 Å². The number of hydrogen-bond donors (Lipinski definition) is 2. The Kier molecular flexibility index (Phi) is 7.43. The molecular formula is C30H27N5O5S. The van der Waals surface area contributed by atoms with Gasteiger partial charge in [-0.1, -0.05) is 49.0 Å². The van der Waals surface area contributed by atoms with E-state index in [4.69, 9.17) is 9.47 Å². The molecule has 3 aromatic rings. The van der Waals surface area contributed by atoms with Crippen molar-refractivity contribution in [1.29, 1.82) is 0 Å². The van der Waals surface area contributed by atoms with Crippen LogP contribution in [0.4, 0.5) is 11.4 Å². The van der Waals surface area contributed by atoms with Crippen molar-refractivity contribution in [2.75, 3.05) is 17.9 Å². The van der Waals surface area contributed by atoms with E-state index in [2.05, 4.69) is 27.5 Å². The fourth-order valence-electron chi connectivity index (χ4n) is 4.68. The third-order valence-corrected chi connectivity index (χ3v) is 7.77. The number of thioether (sulfide) groups is 1. The zero-order chi connectivity index (χ0) is 28.3. The average Bonchev–Trinajstić information content (AvgIpc) is 3.59. The highest BCUT2D eigenvalue weighted by Gasteiger charge is 2.42. The van der Waals surface area contributed by atoms with E-state index in [1.54, 1.807) is 6.07 Å². The van der Waals surface area contributed by atoms with Gasteiger partial charge in [-0.3, -0.25) is 19.4 Å². The molecule has 0 saturated heterocycles. The molecule has 41 heavy (non-hydrogen) atoms. The number of ether oxygens (including phenoxy) is 2. The van der Waals surface area contributed by atoms with Gasteiger partial charge < -0.3 is 20.1 Å². The standard InChI is InChI=1S/C30H27N5O5S/c1-2-18-7-10-20(11-8-18)32-27(37)16-41-30-34-22-6-4-3-5-21(22)28-33-23(29(38)35(28)30)14-26(36)31-15-19-9-12-24-25(13-19)40-17-39-24/h3-13,23H,2,14-17H2,1H3,(H,31,36)(H,32,37). The SMILES string of the molecule is CCc1ccc(NC(=O)CSC2=Nc3ccccc3C3=NC(CC(=O)NCc4ccc5c(c4)OCO5)C(=O)N23)cc1. The summed E-state index contributed by atoms with van der Waals surface area (Å²) in [6.07, 6.45) is 0.805. The highest BCUT2D eigenvalue weighted by Crippen LogP contribution is 2.34. The third kappa shape index (κ3) is 5.66. The summed E-state index contributed by atoms with van der Waals surface area (Å²) in [5, 5.41) is 6.09. The van der Waals surface area contributed by atoms with Gasteiger partial charge in [0.25, 0.3) is 5.91 Å². The number of benzene rings is 3. The molecule has 1 atom stereocenters. The van der Waals surface area contributed by atoms with Crippen molar-refractivity contribution in [3.05, 3.63) is 83.4 Å². The first kappa shape index (κ1) is 26.6. The number of nitrogens with zero attached hydrogens (tertiary/aromatic N) is 3. The first-order valence-electron chi connectivity index (χ1n) is 13.2. The molecule has 0 aliphatic carbocycles. The largest absolute Gasteiger partial charge is 0.454 e. The van der Waals surface area contributed by atoms with Crippen LogP contribution in [0.1, 0.15) is 30.0 Å². The number of aryl methyl sites for hydroxylation is 1. The Morgan fingerprint density at radius 3 is 2.61 bits per heavy atom. The smallest absolute Gasteiger partial charge is 0.259 e.